The molecule has 1 aromatic rings. The Labute approximate surface area is 122 Å². The third-order valence-corrected chi connectivity index (χ3v) is 4.90. The fourth-order valence-electron chi connectivity index (χ4n) is 3.06. The Kier molecular flexibility index (Phi) is 3.53. The monoisotopic (exact) mass is 270 g/mol. The first kappa shape index (κ1) is 12.8. The van der Waals surface area contributed by atoms with Gasteiger partial charge in [0, 0.05) is 31.7 Å². The number of nitrogens with zero attached hydrogens (tertiary/aromatic N) is 1. The van der Waals surface area contributed by atoms with E-state index in [-0.39, 0.29) is 0 Å². The Morgan fingerprint density at radius 3 is 2.35 bits per heavy atom. The summed E-state index contributed by atoms with van der Waals surface area (Å²) in [5.41, 5.74) is 3.06. The number of hydrogen-bond acceptors (Lipinski definition) is 2. The highest BCUT2D eigenvalue weighted by atomic mass is 15.2. The first-order valence-corrected chi connectivity index (χ1v) is 8.43. The largest absolute Gasteiger partial charge is 0.310 e. The number of benzene rings is 1. The lowest BCUT2D eigenvalue weighted by atomic mass is 10.1. The minimum absolute atomic E-state index is 0.800. The highest BCUT2D eigenvalue weighted by Crippen LogP contribution is 2.36. The number of nitrogens with one attached hydrogen (secondary N) is 1. The maximum absolute atomic E-state index is 3.67. The van der Waals surface area contributed by atoms with E-state index in [1.807, 2.05) is 0 Å². The van der Waals surface area contributed by atoms with Crippen LogP contribution in [0.2, 0.25) is 0 Å². The van der Waals surface area contributed by atoms with Crippen molar-refractivity contribution >= 4 is 0 Å². The molecule has 0 unspecified atom stereocenters. The first-order valence-electron chi connectivity index (χ1n) is 8.43. The molecule has 2 heteroatoms. The summed E-state index contributed by atoms with van der Waals surface area (Å²) in [6.07, 6.45) is 8.53. The summed E-state index contributed by atoms with van der Waals surface area (Å²) in [5.74, 6) is 1.01. The van der Waals surface area contributed by atoms with Gasteiger partial charge < -0.3 is 5.32 Å². The Morgan fingerprint density at radius 2 is 1.70 bits per heavy atom. The summed E-state index contributed by atoms with van der Waals surface area (Å²) in [6.45, 7) is 3.57. The number of hydrogen-bond donors (Lipinski definition) is 1. The van der Waals surface area contributed by atoms with E-state index in [1.165, 1.54) is 57.2 Å². The molecule has 0 radical (unpaired) electrons. The van der Waals surface area contributed by atoms with Gasteiger partial charge in [-0.1, -0.05) is 24.3 Å². The molecular formula is C18H26N2. The maximum atomic E-state index is 3.67. The molecule has 3 saturated carbocycles. The minimum Gasteiger partial charge on any atom is -0.310 e. The topological polar surface area (TPSA) is 15.3 Å². The third kappa shape index (κ3) is 3.42. The van der Waals surface area contributed by atoms with E-state index in [1.54, 1.807) is 5.56 Å². The molecule has 0 amide bonds. The maximum Gasteiger partial charge on any atom is 0.0240 e. The second kappa shape index (κ2) is 5.50. The third-order valence-electron chi connectivity index (χ3n) is 4.90. The molecule has 2 nitrogen and oxygen atoms in total. The molecule has 1 aromatic carbocycles. The molecular weight excluding hydrogens is 244 g/mol. The summed E-state index contributed by atoms with van der Waals surface area (Å²) < 4.78 is 0. The van der Waals surface area contributed by atoms with E-state index in [2.05, 4.69) is 34.5 Å². The molecule has 20 heavy (non-hydrogen) atoms. The first-order chi connectivity index (χ1) is 9.88. The van der Waals surface area contributed by atoms with Crippen LogP contribution in [0.1, 0.15) is 49.7 Å². The second-order valence-corrected chi connectivity index (χ2v) is 7.03. The molecule has 0 aromatic heterocycles. The van der Waals surface area contributed by atoms with E-state index in [4.69, 9.17) is 0 Å². The van der Waals surface area contributed by atoms with Gasteiger partial charge in [0.2, 0.25) is 0 Å². The van der Waals surface area contributed by atoms with Crippen molar-refractivity contribution in [3.05, 3.63) is 35.4 Å². The van der Waals surface area contributed by atoms with Gasteiger partial charge in [0.05, 0.1) is 0 Å². The van der Waals surface area contributed by atoms with Gasteiger partial charge in [-0.3, -0.25) is 4.90 Å². The molecule has 4 rings (SSSR count). The van der Waals surface area contributed by atoms with Crippen molar-refractivity contribution in [1.29, 1.82) is 0 Å². The normalized spacial score (nSPS) is 22.4. The summed E-state index contributed by atoms with van der Waals surface area (Å²) in [5, 5.41) is 3.67. The van der Waals surface area contributed by atoms with Gasteiger partial charge in [0.25, 0.3) is 0 Å². The fourth-order valence-corrected chi connectivity index (χ4v) is 3.06. The zero-order chi connectivity index (χ0) is 13.4. The summed E-state index contributed by atoms with van der Waals surface area (Å²) >= 11 is 0. The lowest BCUT2D eigenvalue weighted by molar-refractivity contribution is 0.243. The van der Waals surface area contributed by atoms with Crippen LogP contribution >= 0.6 is 0 Å². The van der Waals surface area contributed by atoms with E-state index in [0.717, 1.165) is 24.5 Å². The number of rotatable bonds is 8. The Hall–Kier alpha value is -0.860. The molecule has 0 aliphatic heterocycles. The van der Waals surface area contributed by atoms with E-state index < -0.39 is 0 Å². The molecule has 3 fully saturated rings. The van der Waals surface area contributed by atoms with Gasteiger partial charge in [0.1, 0.15) is 0 Å². The van der Waals surface area contributed by atoms with Crippen LogP contribution in [0.15, 0.2) is 24.3 Å². The smallest absolute Gasteiger partial charge is 0.0240 e. The van der Waals surface area contributed by atoms with Crippen LogP contribution in [-0.2, 0) is 13.1 Å². The lowest BCUT2D eigenvalue weighted by Gasteiger charge is -2.23. The summed E-state index contributed by atoms with van der Waals surface area (Å²) in [4.78, 5) is 2.76. The average molecular weight is 270 g/mol. The predicted octanol–water partition coefficient (Wildman–Crippen LogP) is 3.31. The lowest BCUT2D eigenvalue weighted by Crippen LogP contribution is -2.28. The SMILES string of the molecule is c1ccc(CN(CC2CC2)C2CC2)c(CNC2CC2)c1. The molecule has 0 atom stereocenters. The predicted molar refractivity (Wildman–Crippen MR) is 82.5 cm³/mol. The zero-order valence-corrected chi connectivity index (χ0v) is 12.4. The molecule has 3 aliphatic rings. The van der Waals surface area contributed by atoms with Crippen LogP contribution in [-0.4, -0.2) is 23.5 Å². The van der Waals surface area contributed by atoms with Crippen LogP contribution in [0, 0.1) is 5.92 Å². The molecule has 3 aliphatic carbocycles. The van der Waals surface area contributed by atoms with Gasteiger partial charge in [-0.15, -0.1) is 0 Å². The van der Waals surface area contributed by atoms with Crippen molar-refractivity contribution in [2.75, 3.05) is 6.54 Å². The van der Waals surface area contributed by atoms with Crippen LogP contribution in [0.5, 0.6) is 0 Å². The molecule has 0 heterocycles. The van der Waals surface area contributed by atoms with E-state index in [9.17, 15) is 0 Å². The van der Waals surface area contributed by atoms with Crippen molar-refractivity contribution in [2.24, 2.45) is 5.92 Å². The average Bonchev–Trinajstić information content (AvgIpc) is 3.30. The van der Waals surface area contributed by atoms with E-state index >= 15 is 0 Å². The van der Waals surface area contributed by atoms with Crippen molar-refractivity contribution in [3.8, 4) is 0 Å². The zero-order valence-electron chi connectivity index (χ0n) is 12.4. The van der Waals surface area contributed by atoms with Crippen LogP contribution in [0.25, 0.3) is 0 Å². The Morgan fingerprint density at radius 1 is 0.950 bits per heavy atom. The van der Waals surface area contributed by atoms with Gasteiger partial charge in [-0.25, -0.2) is 0 Å². The quantitative estimate of drug-likeness (QED) is 0.779. The van der Waals surface area contributed by atoms with E-state index in [0.29, 0.717) is 0 Å². The van der Waals surface area contributed by atoms with Crippen molar-refractivity contribution < 1.29 is 0 Å². The molecule has 0 bridgehead atoms. The van der Waals surface area contributed by atoms with Crippen LogP contribution in [0.3, 0.4) is 0 Å². The Bertz CT molecular complexity index is 458. The van der Waals surface area contributed by atoms with Crippen LogP contribution < -0.4 is 5.32 Å². The molecule has 108 valence electrons. The highest BCUT2D eigenvalue weighted by Gasteiger charge is 2.33. The molecule has 0 saturated heterocycles. The van der Waals surface area contributed by atoms with Gasteiger partial charge in [-0.2, -0.15) is 0 Å². The highest BCUT2D eigenvalue weighted by molar-refractivity contribution is 5.27. The molecule has 1 N–H and O–H groups in total. The minimum atomic E-state index is 0.800. The van der Waals surface area contributed by atoms with Gasteiger partial charge >= 0.3 is 0 Å². The summed E-state index contributed by atoms with van der Waals surface area (Å²) in [6, 6.07) is 10.7. The Balaban J connectivity index is 1.42. The van der Waals surface area contributed by atoms with Crippen molar-refractivity contribution in [1.82, 2.24) is 10.2 Å². The van der Waals surface area contributed by atoms with Gasteiger partial charge in [0.15, 0.2) is 0 Å². The summed E-state index contributed by atoms with van der Waals surface area (Å²) in [7, 11) is 0. The fraction of sp³-hybridized carbons (Fsp3) is 0.667. The van der Waals surface area contributed by atoms with Gasteiger partial charge in [-0.05, 0) is 55.6 Å². The van der Waals surface area contributed by atoms with Crippen LogP contribution in [0.4, 0.5) is 0 Å². The van der Waals surface area contributed by atoms with Crippen molar-refractivity contribution in [3.63, 3.8) is 0 Å². The van der Waals surface area contributed by atoms with Crippen molar-refractivity contribution in [2.45, 2.75) is 63.7 Å². The molecule has 0 spiro atoms. The second-order valence-electron chi connectivity index (χ2n) is 7.03. The standard InChI is InChI=1S/C18H26N2/c1-2-4-16(15(3-1)11-19-17-7-8-17)13-20(18-9-10-18)12-14-5-6-14/h1-4,14,17-19H,5-13H2.